The number of benzene rings is 1. The molecule has 0 fully saturated rings. The maximum absolute atomic E-state index is 11.2. The van der Waals surface area contributed by atoms with Gasteiger partial charge >= 0.3 is 5.97 Å². The summed E-state index contributed by atoms with van der Waals surface area (Å²) in [4.78, 5) is 21.4. The minimum atomic E-state index is -0.874. The van der Waals surface area contributed by atoms with Crippen LogP contribution in [0, 0.1) is 0 Å². The van der Waals surface area contributed by atoms with Crippen molar-refractivity contribution in [1.82, 2.24) is 0 Å². The van der Waals surface area contributed by atoms with Crippen molar-refractivity contribution in [3.8, 4) is 5.75 Å². The summed E-state index contributed by atoms with van der Waals surface area (Å²) in [6.45, 7) is 2.44. The van der Waals surface area contributed by atoms with Gasteiger partial charge in [0.2, 0.25) is 0 Å². The summed E-state index contributed by atoms with van der Waals surface area (Å²) >= 11 is 0. The molecule has 0 atom stereocenters. The van der Waals surface area contributed by atoms with E-state index in [2.05, 4.69) is 6.92 Å². The smallest absolute Gasteiger partial charge is 0.331 e. The van der Waals surface area contributed by atoms with Crippen molar-refractivity contribution in [3.63, 3.8) is 0 Å². The van der Waals surface area contributed by atoms with Crippen LogP contribution >= 0.6 is 0 Å². The molecule has 0 spiro atoms. The Labute approximate surface area is 145 Å². The normalized spacial score (nSPS) is 11.5. The van der Waals surface area contributed by atoms with Gasteiger partial charge in [0, 0.05) is 12.0 Å². The second-order valence-corrected chi connectivity index (χ2v) is 5.91. The molecule has 0 aliphatic heterocycles. The lowest BCUT2D eigenvalue weighted by atomic mass is 10.1. The minimum absolute atomic E-state index is 0.226. The number of carboxylic acids is 1. The van der Waals surface area contributed by atoms with Crippen LogP contribution in [0.5, 0.6) is 5.75 Å². The molecule has 0 aromatic heterocycles. The quantitative estimate of drug-likeness (QED) is 0.210. The van der Waals surface area contributed by atoms with E-state index < -0.39 is 5.97 Å². The Kier molecular flexibility index (Phi) is 11.5. The van der Waals surface area contributed by atoms with E-state index in [4.69, 9.17) is 9.78 Å². The van der Waals surface area contributed by atoms with Gasteiger partial charge in [-0.2, -0.15) is 4.89 Å². The lowest BCUT2D eigenvalue weighted by molar-refractivity contribution is -0.205. The molecule has 0 saturated carbocycles. The van der Waals surface area contributed by atoms with Gasteiger partial charge in [-0.05, 0) is 25.0 Å². The van der Waals surface area contributed by atoms with E-state index in [1.807, 2.05) is 24.3 Å². The van der Waals surface area contributed by atoms with Crippen LogP contribution in [0.25, 0.3) is 0 Å². The highest BCUT2D eigenvalue weighted by Gasteiger charge is 2.07. The molecule has 0 unspecified atom stereocenters. The van der Waals surface area contributed by atoms with Crippen LogP contribution in [-0.2, 0) is 9.68 Å². The zero-order chi connectivity index (χ0) is 17.5. The molecule has 4 heteroatoms. The Hall–Kier alpha value is -1.81. The fourth-order valence-electron chi connectivity index (χ4n) is 2.41. The molecular weight excluding hydrogens is 304 g/mol. The fraction of sp³-hybridized carbons (Fsp3) is 0.550. The Morgan fingerprint density at radius 2 is 1.71 bits per heavy atom. The Morgan fingerprint density at radius 1 is 1.04 bits per heavy atom. The van der Waals surface area contributed by atoms with E-state index in [0.29, 0.717) is 17.7 Å². The van der Waals surface area contributed by atoms with Crippen molar-refractivity contribution < 1.29 is 19.7 Å². The van der Waals surface area contributed by atoms with E-state index in [-0.39, 0.29) is 6.61 Å². The summed E-state index contributed by atoms with van der Waals surface area (Å²) in [5.41, 5.74) is 0.401. The maximum Gasteiger partial charge on any atom is 0.331 e. The predicted molar refractivity (Wildman–Crippen MR) is 96.0 cm³/mol. The summed E-state index contributed by atoms with van der Waals surface area (Å²) in [5.74, 6) is -0.261. The SMILES string of the molecule is CCCCCCCCCC=C(CCOOc1ccccc1)C(=O)O. The average Bonchev–Trinajstić information content (AvgIpc) is 2.59. The molecular formula is C20H30O4. The van der Waals surface area contributed by atoms with Crippen LogP contribution in [0.4, 0.5) is 0 Å². The van der Waals surface area contributed by atoms with Crippen LogP contribution < -0.4 is 4.89 Å². The number of rotatable bonds is 14. The maximum atomic E-state index is 11.2. The molecule has 0 radical (unpaired) electrons. The third-order valence-electron chi connectivity index (χ3n) is 3.83. The van der Waals surface area contributed by atoms with Crippen molar-refractivity contribution in [2.75, 3.05) is 6.61 Å². The van der Waals surface area contributed by atoms with Crippen LogP contribution in [0.2, 0.25) is 0 Å². The van der Waals surface area contributed by atoms with Gasteiger partial charge in [-0.3, -0.25) is 0 Å². The summed E-state index contributed by atoms with van der Waals surface area (Å²) in [7, 11) is 0. The molecule has 0 aliphatic carbocycles. The zero-order valence-corrected chi connectivity index (χ0v) is 14.7. The predicted octanol–water partition coefficient (Wildman–Crippen LogP) is 5.54. The number of unbranched alkanes of at least 4 members (excludes halogenated alkanes) is 7. The molecule has 1 aromatic rings. The molecule has 0 aliphatic rings. The number of carboxylic acid groups (broad SMARTS) is 1. The third-order valence-corrected chi connectivity index (χ3v) is 3.83. The first-order chi connectivity index (χ1) is 11.7. The summed E-state index contributed by atoms with van der Waals surface area (Å²) in [6, 6.07) is 9.16. The van der Waals surface area contributed by atoms with Crippen LogP contribution in [0.3, 0.4) is 0 Å². The highest BCUT2D eigenvalue weighted by molar-refractivity contribution is 5.86. The van der Waals surface area contributed by atoms with Gasteiger partial charge in [0.1, 0.15) is 0 Å². The number of aliphatic carboxylic acids is 1. The average molecular weight is 334 g/mol. The second-order valence-electron chi connectivity index (χ2n) is 5.91. The standard InChI is InChI=1S/C20H30O4/c1-2-3-4-5-6-7-8-10-13-18(20(21)22)16-17-23-24-19-14-11-9-12-15-19/h9,11-15H,2-8,10,16-17H2,1H3,(H,21,22). The monoisotopic (exact) mass is 334 g/mol. The van der Waals surface area contributed by atoms with Crippen LogP contribution in [0.15, 0.2) is 42.0 Å². The Morgan fingerprint density at radius 3 is 2.38 bits per heavy atom. The van der Waals surface area contributed by atoms with E-state index in [1.165, 1.54) is 38.5 Å². The number of allylic oxidation sites excluding steroid dienone is 1. The molecule has 1 aromatic carbocycles. The number of hydrogen-bond acceptors (Lipinski definition) is 3. The van der Waals surface area contributed by atoms with E-state index >= 15 is 0 Å². The minimum Gasteiger partial charge on any atom is -0.478 e. The first-order valence-electron chi connectivity index (χ1n) is 9.01. The lowest BCUT2D eigenvalue weighted by Crippen LogP contribution is -2.06. The highest BCUT2D eigenvalue weighted by Crippen LogP contribution is 2.12. The van der Waals surface area contributed by atoms with Gasteiger partial charge in [0.05, 0.1) is 6.61 Å². The lowest BCUT2D eigenvalue weighted by Gasteiger charge is -2.06. The van der Waals surface area contributed by atoms with Crippen molar-refractivity contribution in [3.05, 3.63) is 42.0 Å². The highest BCUT2D eigenvalue weighted by atomic mass is 17.2. The first-order valence-corrected chi connectivity index (χ1v) is 9.01. The van der Waals surface area contributed by atoms with Gasteiger partial charge in [-0.25, -0.2) is 4.79 Å². The van der Waals surface area contributed by atoms with Crippen molar-refractivity contribution in [1.29, 1.82) is 0 Å². The number of hydrogen-bond donors (Lipinski definition) is 1. The van der Waals surface area contributed by atoms with Crippen molar-refractivity contribution in [2.45, 2.75) is 64.7 Å². The molecule has 0 amide bonds. The molecule has 0 saturated heterocycles. The summed E-state index contributed by atoms with van der Waals surface area (Å²) in [6.07, 6.45) is 11.6. The van der Waals surface area contributed by atoms with Crippen LogP contribution in [0.1, 0.15) is 64.7 Å². The van der Waals surface area contributed by atoms with Crippen molar-refractivity contribution in [2.24, 2.45) is 0 Å². The zero-order valence-electron chi connectivity index (χ0n) is 14.7. The third kappa shape index (κ3) is 10.1. The van der Waals surface area contributed by atoms with E-state index in [9.17, 15) is 9.90 Å². The molecule has 4 nitrogen and oxygen atoms in total. The topological polar surface area (TPSA) is 55.8 Å². The van der Waals surface area contributed by atoms with Gasteiger partial charge in [0.15, 0.2) is 5.75 Å². The number of para-hydroxylation sites is 1. The fourth-order valence-corrected chi connectivity index (χ4v) is 2.41. The van der Waals surface area contributed by atoms with Gasteiger partial charge in [0.25, 0.3) is 0 Å². The largest absolute Gasteiger partial charge is 0.478 e. The Bertz CT molecular complexity index is 468. The van der Waals surface area contributed by atoms with Gasteiger partial charge in [-0.15, -0.1) is 0 Å². The number of carbonyl (C=O) groups is 1. The van der Waals surface area contributed by atoms with E-state index in [1.54, 1.807) is 12.1 Å². The first kappa shape index (κ1) is 20.2. The van der Waals surface area contributed by atoms with E-state index in [0.717, 1.165) is 12.8 Å². The summed E-state index contributed by atoms with van der Waals surface area (Å²) < 4.78 is 0. The molecule has 0 bridgehead atoms. The Balaban J connectivity index is 2.15. The summed E-state index contributed by atoms with van der Waals surface area (Å²) in [5, 5.41) is 9.22. The van der Waals surface area contributed by atoms with Crippen LogP contribution in [-0.4, -0.2) is 17.7 Å². The molecule has 24 heavy (non-hydrogen) atoms. The molecule has 1 N–H and O–H groups in total. The molecule has 134 valence electrons. The second kappa shape index (κ2) is 13.6. The van der Waals surface area contributed by atoms with Gasteiger partial charge in [-0.1, -0.05) is 69.7 Å². The van der Waals surface area contributed by atoms with Crippen molar-refractivity contribution >= 4 is 5.97 Å². The molecule has 1 rings (SSSR count). The van der Waals surface area contributed by atoms with Gasteiger partial charge < -0.3 is 9.99 Å². The molecule has 0 heterocycles.